The molecule has 5 rings (SSSR count). The summed E-state index contributed by atoms with van der Waals surface area (Å²) >= 11 is 7.17. The van der Waals surface area contributed by atoms with Crippen LogP contribution in [0.5, 0.6) is 0 Å². The van der Waals surface area contributed by atoms with Crippen LogP contribution < -0.4 is 0 Å². The quantitative estimate of drug-likeness (QED) is 0.283. The molecule has 0 spiro atoms. The second-order valence-electron chi connectivity index (χ2n) is 9.27. The SMILES string of the molecule is COC(=O)C1CN(S(=O)(=O)c2cc3ccc(Cl)cc3s2)CCN1C(=O)c1ccc(C(=N)N2CCCC2)cc1. The number of amidine groups is 1. The minimum Gasteiger partial charge on any atom is -0.467 e. The molecule has 1 aromatic heterocycles. The summed E-state index contributed by atoms with van der Waals surface area (Å²) in [5, 5.41) is 9.69. The van der Waals surface area contributed by atoms with Gasteiger partial charge in [-0.05, 0) is 48.6 Å². The van der Waals surface area contributed by atoms with Crippen molar-refractivity contribution in [2.24, 2.45) is 0 Å². The summed E-state index contributed by atoms with van der Waals surface area (Å²) in [5.41, 5.74) is 1.07. The number of rotatable bonds is 5. The number of benzene rings is 2. The fourth-order valence-electron chi connectivity index (χ4n) is 4.85. The van der Waals surface area contributed by atoms with Crippen molar-refractivity contribution in [3.05, 3.63) is 64.7 Å². The summed E-state index contributed by atoms with van der Waals surface area (Å²) in [6.45, 7) is 1.55. The van der Waals surface area contributed by atoms with Crippen molar-refractivity contribution in [2.45, 2.75) is 23.1 Å². The molecule has 1 amide bonds. The number of sulfonamides is 1. The summed E-state index contributed by atoms with van der Waals surface area (Å²) in [6, 6.07) is 12.4. The number of carbonyl (C=O) groups excluding carboxylic acids is 2. The first-order chi connectivity index (χ1) is 18.2. The van der Waals surface area contributed by atoms with E-state index in [0.29, 0.717) is 22.0 Å². The van der Waals surface area contributed by atoms with Crippen LogP contribution in [0.3, 0.4) is 0 Å². The van der Waals surface area contributed by atoms with E-state index < -0.39 is 27.9 Å². The van der Waals surface area contributed by atoms with Crippen LogP contribution in [0, 0.1) is 5.41 Å². The molecule has 9 nitrogen and oxygen atoms in total. The fraction of sp³-hybridized carbons (Fsp3) is 0.346. The Hall–Kier alpha value is -2.99. The molecule has 1 atom stereocenters. The zero-order valence-electron chi connectivity index (χ0n) is 20.7. The van der Waals surface area contributed by atoms with Crippen LogP contribution >= 0.6 is 22.9 Å². The number of halogens is 1. The number of esters is 1. The third kappa shape index (κ3) is 5.03. The van der Waals surface area contributed by atoms with Gasteiger partial charge in [0.2, 0.25) is 0 Å². The number of methoxy groups -OCH3 is 1. The Morgan fingerprint density at radius 1 is 1.00 bits per heavy atom. The van der Waals surface area contributed by atoms with Gasteiger partial charge in [-0.25, -0.2) is 13.2 Å². The van der Waals surface area contributed by atoms with E-state index in [1.54, 1.807) is 48.5 Å². The number of amides is 1. The molecule has 0 bridgehead atoms. The van der Waals surface area contributed by atoms with Crippen LogP contribution in [0.4, 0.5) is 0 Å². The van der Waals surface area contributed by atoms with Crippen LogP contribution in [0.2, 0.25) is 5.02 Å². The van der Waals surface area contributed by atoms with Crippen LogP contribution in [0.15, 0.2) is 52.7 Å². The van der Waals surface area contributed by atoms with Gasteiger partial charge in [0, 0.05) is 53.6 Å². The predicted octanol–water partition coefficient (Wildman–Crippen LogP) is 3.66. The maximum atomic E-state index is 13.5. The molecule has 2 aliphatic rings. The normalized spacial score (nSPS) is 18.6. The lowest BCUT2D eigenvalue weighted by atomic mass is 10.1. The van der Waals surface area contributed by atoms with E-state index in [1.165, 1.54) is 16.3 Å². The highest BCUT2D eigenvalue weighted by Gasteiger charge is 2.41. The first kappa shape index (κ1) is 26.6. The van der Waals surface area contributed by atoms with E-state index in [4.69, 9.17) is 21.7 Å². The molecule has 0 radical (unpaired) electrons. The van der Waals surface area contributed by atoms with Crippen LogP contribution in [-0.2, 0) is 19.6 Å². The summed E-state index contributed by atoms with van der Waals surface area (Å²) in [6.07, 6.45) is 2.12. The first-order valence-corrected chi connectivity index (χ1v) is 14.8. The molecule has 2 saturated heterocycles. The molecule has 2 fully saturated rings. The highest BCUT2D eigenvalue weighted by molar-refractivity contribution is 7.91. The smallest absolute Gasteiger partial charge is 0.329 e. The summed E-state index contributed by atoms with van der Waals surface area (Å²) in [7, 11) is -2.70. The van der Waals surface area contributed by atoms with Gasteiger partial charge >= 0.3 is 5.97 Å². The Morgan fingerprint density at radius 3 is 2.37 bits per heavy atom. The molecular formula is C26H27ClN4O5S2. The summed E-state index contributed by atoms with van der Waals surface area (Å²) in [4.78, 5) is 29.5. The van der Waals surface area contributed by atoms with Gasteiger partial charge in [-0.1, -0.05) is 29.8 Å². The zero-order chi connectivity index (χ0) is 27.0. The molecule has 2 aliphatic heterocycles. The topological polar surface area (TPSA) is 111 Å². The standard InChI is InChI=1S/C26H27ClN4O5S2/c1-36-26(33)21-16-30(38(34,35)23-14-19-8-9-20(27)15-22(19)37-23)12-13-31(21)25(32)18-6-4-17(5-7-18)24(28)29-10-2-3-11-29/h4-9,14-15,21,28H,2-3,10-13,16H2,1H3. The number of likely N-dealkylation sites (tertiary alicyclic amines) is 1. The Labute approximate surface area is 230 Å². The zero-order valence-corrected chi connectivity index (χ0v) is 23.1. The maximum Gasteiger partial charge on any atom is 0.329 e. The molecule has 2 aromatic carbocycles. The highest BCUT2D eigenvalue weighted by atomic mass is 35.5. The van der Waals surface area contributed by atoms with Gasteiger partial charge in [0.1, 0.15) is 16.1 Å². The molecular weight excluding hydrogens is 548 g/mol. The highest BCUT2D eigenvalue weighted by Crippen LogP contribution is 2.33. The van der Waals surface area contributed by atoms with Crippen molar-refractivity contribution in [1.82, 2.24) is 14.1 Å². The molecule has 200 valence electrons. The lowest BCUT2D eigenvalue weighted by molar-refractivity contribution is -0.147. The van der Waals surface area contributed by atoms with E-state index in [2.05, 4.69) is 0 Å². The molecule has 38 heavy (non-hydrogen) atoms. The Morgan fingerprint density at radius 2 is 1.68 bits per heavy atom. The average Bonchev–Trinajstić information content (AvgIpc) is 3.62. The van der Waals surface area contributed by atoms with Gasteiger partial charge < -0.3 is 14.5 Å². The number of nitrogens with zero attached hydrogens (tertiary/aromatic N) is 3. The molecule has 0 saturated carbocycles. The Kier molecular flexibility index (Phi) is 7.45. The molecule has 12 heteroatoms. The van der Waals surface area contributed by atoms with Gasteiger partial charge in [0.25, 0.3) is 15.9 Å². The van der Waals surface area contributed by atoms with Crippen molar-refractivity contribution >= 4 is 60.8 Å². The van der Waals surface area contributed by atoms with Gasteiger partial charge in [0.05, 0.1) is 7.11 Å². The fourth-order valence-corrected chi connectivity index (χ4v) is 8.12. The van der Waals surface area contributed by atoms with Gasteiger partial charge in [-0.2, -0.15) is 4.31 Å². The summed E-state index contributed by atoms with van der Waals surface area (Å²) in [5.74, 6) is -0.654. The maximum absolute atomic E-state index is 13.5. The Bertz CT molecular complexity index is 1500. The average molecular weight is 575 g/mol. The molecule has 3 aromatic rings. The number of thiophene rings is 1. The van der Waals surface area contributed by atoms with Gasteiger partial charge in [-0.15, -0.1) is 11.3 Å². The van der Waals surface area contributed by atoms with Gasteiger partial charge in [0.15, 0.2) is 0 Å². The van der Waals surface area contributed by atoms with E-state index in [0.717, 1.165) is 47.4 Å². The second-order valence-corrected chi connectivity index (χ2v) is 13.0. The number of hydrogen-bond donors (Lipinski definition) is 1. The van der Waals surface area contributed by atoms with Crippen LogP contribution in [-0.4, -0.2) is 86.1 Å². The van der Waals surface area contributed by atoms with Crippen LogP contribution in [0.25, 0.3) is 10.1 Å². The number of carbonyl (C=O) groups is 2. The second kappa shape index (κ2) is 10.6. The number of ether oxygens (including phenoxy) is 1. The first-order valence-electron chi connectivity index (χ1n) is 12.2. The number of nitrogens with one attached hydrogen (secondary N) is 1. The largest absolute Gasteiger partial charge is 0.467 e. The van der Waals surface area contributed by atoms with Crippen LogP contribution in [0.1, 0.15) is 28.8 Å². The monoisotopic (exact) mass is 574 g/mol. The van der Waals surface area contributed by atoms with E-state index in [1.807, 2.05) is 4.90 Å². The van der Waals surface area contributed by atoms with E-state index >= 15 is 0 Å². The minimum absolute atomic E-state index is 0.0277. The van der Waals surface area contributed by atoms with E-state index in [-0.39, 0.29) is 23.8 Å². The van der Waals surface area contributed by atoms with Crippen molar-refractivity contribution in [2.75, 3.05) is 39.8 Å². The summed E-state index contributed by atoms with van der Waals surface area (Å²) < 4.78 is 34.0. The van der Waals surface area contributed by atoms with Crippen molar-refractivity contribution < 1.29 is 22.7 Å². The third-order valence-corrected chi connectivity index (χ3v) is 10.6. The van der Waals surface area contributed by atoms with Gasteiger partial charge in [-0.3, -0.25) is 10.2 Å². The molecule has 3 heterocycles. The number of fused-ring (bicyclic) bond motifs is 1. The van der Waals surface area contributed by atoms with Crippen molar-refractivity contribution in [3.8, 4) is 0 Å². The predicted molar refractivity (Wildman–Crippen MR) is 147 cm³/mol. The lowest BCUT2D eigenvalue weighted by Gasteiger charge is -2.39. The Balaban J connectivity index is 1.35. The third-order valence-electron chi connectivity index (χ3n) is 6.96. The molecule has 1 N–H and O–H groups in total. The lowest BCUT2D eigenvalue weighted by Crippen LogP contribution is -2.59. The van der Waals surface area contributed by atoms with Crippen molar-refractivity contribution in [1.29, 1.82) is 5.41 Å². The van der Waals surface area contributed by atoms with Crippen molar-refractivity contribution in [3.63, 3.8) is 0 Å². The minimum atomic E-state index is -3.91. The molecule has 1 unspecified atom stereocenters. The number of piperazine rings is 1. The number of hydrogen-bond acceptors (Lipinski definition) is 7. The van der Waals surface area contributed by atoms with E-state index in [9.17, 15) is 18.0 Å². The molecule has 0 aliphatic carbocycles.